The third-order valence-corrected chi connectivity index (χ3v) is 3.12. The summed E-state index contributed by atoms with van der Waals surface area (Å²) in [4.78, 5) is 29.4. The minimum Gasteiger partial charge on any atom is -0.301 e. The molecule has 17 heavy (non-hydrogen) atoms. The maximum Gasteiger partial charge on any atom is 0.251 e. The molecule has 0 saturated heterocycles. The first-order chi connectivity index (χ1) is 8.19. The van der Waals surface area contributed by atoms with Gasteiger partial charge in [-0.15, -0.1) is 0 Å². The molecule has 1 aromatic carbocycles. The summed E-state index contributed by atoms with van der Waals surface area (Å²) in [7, 11) is 0. The Bertz CT molecular complexity index is 607. The largest absolute Gasteiger partial charge is 0.301 e. The van der Waals surface area contributed by atoms with Gasteiger partial charge in [-0.05, 0) is 24.6 Å². The molecule has 0 bridgehead atoms. The number of nitrogens with zero attached hydrogens (tertiary/aromatic N) is 1. The van der Waals surface area contributed by atoms with E-state index >= 15 is 0 Å². The van der Waals surface area contributed by atoms with E-state index in [0.717, 1.165) is 16.7 Å². The number of carbonyl (C=O) groups is 1. The van der Waals surface area contributed by atoms with Crippen molar-refractivity contribution < 1.29 is 4.79 Å². The fraction of sp³-hybridized carbons (Fsp3) is 0.0833. The number of aromatic amines is 1. The van der Waals surface area contributed by atoms with Gasteiger partial charge in [0.25, 0.3) is 5.56 Å². The molecule has 2 aromatic rings. The number of rotatable bonds is 3. The average Bonchev–Trinajstić information content (AvgIpc) is 2.29. The molecule has 4 nitrogen and oxygen atoms in total. The van der Waals surface area contributed by atoms with Gasteiger partial charge >= 0.3 is 0 Å². The zero-order chi connectivity index (χ0) is 12.3. The van der Waals surface area contributed by atoms with Gasteiger partial charge in [-0.1, -0.05) is 17.8 Å². The van der Waals surface area contributed by atoms with Gasteiger partial charge in [0.15, 0.2) is 5.16 Å². The normalized spacial score (nSPS) is 10.2. The molecule has 0 aliphatic rings. The minimum absolute atomic E-state index is 0.177. The molecule has 0 atom stereocenters. The summed E-state index contributed by atoms with van der Waals surface area (Å²) in [6.45, 7) is 1.87. The van der Waals surface area contributed by atoms with Gasteiger partial charge < -0.3 is 4.98 Å². The first kappa shape index (κ1) is 11.6. The van der Waals surface area contributed by atoms with Crippen LogP contribution < -0.4 is 5.56 Å². The lowest BCUT2D eigenvalue weighted by Gasteiger charge is -2.03. The van der Waals surface area contributed by atoms with Crippen LogP contribution >= 0.6 is 11.8 Å². The van der Waals surface area contributed by atoms with Crippen molar-refractivity contribution in [2.75, 3.05) is 0 Å². The van der Waals surface area contributed by atoms with E-state index in [9.17, 15) is 9.59 Å². The molecule has 2 rings (SSSR count). The number of carbonyl (C=O) groups excluding carboxylic acids is 1. The summed E-state index contributed by atoms with van der Waals surface area (Å²) < 4.78 is 0. The molecular formula is C12H10N2O2S. The number of aromatic nitrogens is 2. The molecular weight excluding hydrogens is 236 g/mol. The Kier molecular flexibility index (Phi) is 3.39. The van der Waals surface area contributed by atoms with Gasteiger partial charge in [0.05, 0.1) is 0 Å². The lowest BCUT2D eigenvalue weighted by molar-refractivity contribution is 0.112. The van der Waals surface area contributed by atoms with Crippen LogP contribution in [-0.4, -0.2) is 16.3 Å². The van der Waals surface area contributed by atoms with Gasteiger partial charge in [0, 0.05) is 22.7 Å². The highest BCUT2D eigenvalue weighted by Crippen LogP contribution is 2.25. The topological polar surface area (TPSA) is 62.8 Å². The molecule has 0 aliphatic heterocycles. The number of aldehydes is 1. The second-order valence-corrected chi connectivity index (χ2v) is 4.54. The van der Waals surface area contributed by atoms with Crippen LogP contribution in [0.1, 0.15) is 15.9 Å². The molecule has 0 spiro atoms. The predicted octanol–water partition coefficient (Wildman–Crippen LogP) is 2.04. The van der Waals surface area contributed by atoms with Crippen molar-refractivity contribution in [2.45, 2.75) is 17.0 Å². The first-order valence-corrected chi connectivity index (χ1v) is 5.80. The quantitative estimate of drug-likeness (QED) is 0.665. The number of hydrogen-bond donors (Lipinski definition) is 1. The van der Waals surface area contributed by atoms with E-state index in [0.29, 0.717) is 10.7 Å². The molecule has 0 unspecified atom stereocenters. The molecule has 5 heteroatoms. The fourth-order valence-electron chi connectivity index (χ4n) is 1.36. The Hall–Kier alpha value is -1.88. The van der Waals surface area contributed by atoms with E-state index < -0.39 is 0 Å². The van der Waals surface area contributed by atoms with Gasteiger partial charge in [-0.2, -0.15) is 0 Å². The third-order valence-electron chi connectivity index (χ3n) is 2.23. The zero-order valence-electron chi connectivity index (χ0n) is 9.14. The maximum absolute atomic E-state index is 11.1. The highest BCUT2D eigenvalue weighted by Gasteiger charge is 2.02. The van der Waals surface area contributed by atoms with Gasteiger partial charge in [-0.25, -0.2) is 4.98 Å². The Morgan fingerprint density at radius 2 is 2.18 bits per heavy atom. The summed E-state index contributed by atoms with van der Waals surface area (Å²) in [5, 5.41) is 0.538. The van der Waals surface area contributed by atoms with Crippen LogP contribution in [0.15, 0.2) is 45.3 Å². The van der Waals surface area contributed by atoms with E-state index in [4.69, 9.17) is 0 Å². The fourth-order valence-corrected chi connectivity index (χ4v) is 2.22. The van der Waals surface area contributed by atoms with Crippen LogP contribution in [0.4, 0.5) is 0 Å². The van der Waals surface area contributed by atoms with Crippen molar-refractivity contribution >= 4 is 18.0 Å². The predicted molar refractivity (Wildman–Crippen MR) is 65.5 cm³/mol. The number of hydrogen-bond acceptors (Lipinski definition) is 4. The highest BCUT2D eigenvalue weighted by atomic mass is 32.2. The van der Waals surface area contributed by atoms with Crippen LogP contribution in [0.3, 0.4) is 0 Å². The molecule has 1 heterocycles. The Balaban J connectivity index is 2.27. The molecule has 0 fully saturated rings. The molecule has 0 radical (unpaired) electrons. The molecule has 0 saturated carbocycles. The van der Waals surface area contributed by atoms with E-state index in [1.165, 1.54) is 24.0 Å². The Morgan fingerprint density at radius 1 is 1.35 bits per heavy atom. The standard InChI is InChI=1S/C12H10N2O2S/c1-8-6-10(3-2-9(8)7-15)17-12-13-5-4-11(16)14-12/h2-7H,1H3,(H,13,14,16). The lowest BCUT2D eigenvalue weighted by atomic mass is 10.1. The van der Waals surface area contributed by atoms with Crippen molar-refractivity contribution in [3.8, 4) is 0 Å². The molecule has 0 amide bonds. The Labute approximate surface area is 102 Å². The smallest absolute Gasteiger partial charge is 0.251 e. The van der Waals surface area contributed by atoms with Crippen LogP contribution in [0.25, 0.3) is 0 Å². The van der Waals surface area contributed by atoms with Gasteiger partial charge in [0.2, 0.25) is 0 Å². The summed E-state index contributed by atoms with van der Waals surface area (Å²) in [6, 6.07) is 6.84. The van der Waals surface area contributed by atoms with Crippen LogP contribution in [0.2, 0.25) is 0 Å². The molecule has 1 aromatic heterocycles. The SMILES string of the molecule is Cc1cc(Sc2nccc(=O)[nH]2)ccc1C=O. The maximum atomic E-state index is 11.1. The van der Waals surface area contributed by atoms with Gasteiger partial charge in [0.1, 0.15) is 6.29 Å². The van der Waals surface area contributed by atoms with Crippen molar-refractivity contribution in [3.63, 3.8) is 0 Å². The second-order valence-electron chi connectivity index (χ2n) is 3.48. The van der Waals surface area contributed by atoms with E-state index in [-0.39, 0.29) is 5.56 Å². The van der Waals surface area contributed by atoms with Crippen LogP contribution in [0, 0.1) is 6.92 Å². The van der Waals surface area contributed by atoms with E-state index in [1.807, 2.05) is 19.1 Å². The summed E-state index contributed by atoms with van der Waals surface area (Å²) >= 11 is 1.35. The number of aryl methyl sites for hydroxylation is 1. The first-order valence-electron chi connectivity index (χ1n) is 4.98. The number of benzene rings is 1. The second kappa shape index (κ2) is 4.97. The monoisotopic (exact) mass is 246 g/mol. The van der Waals surface area contributed by atoms with Crippen molar-refractivity contribution in [1.29, 1.82) is 0 Å². The minimum atomic E-state index is -0.177. The number of nitrogens with one attached hydrogen (secondary N) is 1. The van der Waals surface area contributed by atoms with E-state index in [2.05, 4.69) is 9.97 Å². The summed E-state index contributed by atoms with van der Waals surface area (Å²) in [5.74, 6) is 0. The van der Waals surface area contributed by atoms with Crippen molar-refractivity contribution in [1.82, 2.24) is 9.97 Å². The molecule has 0 aliphatic carbocycles. The highest BCUT2D eigenvalue weighted by molar-refractivity contribution is 7.99. The molecule has 86 valence electrons. The average molecular weight is 246 g/mol. The Morgan fingerprint density at radius 3 is 2.82 bits per heavy atom. The van der Waals surface area contributed by atoms with Crippen molar-refractivity contribution in [2.24, 2.45) is 0 Å². The zero-order valence-corrected chi connectivity index (χ0v) is 9.95. The van der Waals surface area contributed by atoms with Crippen molar-refractivity contribution in [3.05, 3.63) is 51.9 Å². The lowest BCUT2D eigenvalue weighted by Crippen LogP contribution is -2.04. The third kappa shape index (κ3) is 2.82. The summed E-state index contributed by atoms with van der Waals surface area (Å²) in [6.07, 6.45) is 2.29. The van der Waals surface area contributed by atoms with Crippen LogP contribution in [-0.2, 0) is 0 Å². The van der Waals surface area contributed by atoms with E-state index in [1.54, 1.807) is 6.07 Å². The molecule has 1 N–H and O–H groups in total. The van der Waals surface area contributed by atoms with Crippen LogP contribution in [0.5, 0.6) is 0 Å². The number of H-pyrrole nitrogens is 1. The van der Waals surface area contributed by atoms with Gasteiger partial charge in [-0.3, -0.25) is 9.59 Å². The summed E-state index contributed by atoms with van der Waals surface area (Å²) in [5.41, 5.74) is 1.40.